The third kappa shape index (κ3) is 5.65. The fourth-order valence-corrected chi connectivity index (χ4v) is 5.49. The average molecular weight is 559 g/mol. The Hall–Kier alpha value is -4.50. The molecule has 0 N–H and O–H groups in total. The Morgan fingerprint density at radius 2 is 1.81 bits per heavy atom. The smallest absolute Gasteiger partial charge is 0.197 e. The van der Waals surface area contributed by atoms with E-state index in [4.69, 9.17) is 26.1 Å². The lowest BCUT2D eigenvalue weighted by atomic mass is 9.93. The van der Waals surface area contributed by atoms with Crippen molar-refractivity contribution in [1.29, 1.82) is 0 Å². The van der Waals surface area contributed by atoms with Gasteiger partial charge in [-0.3, -0.25) is 4.79 Å². The lowest BCUT2D eigenvalue weighted by Crippen LogP contribution is -2.06. The standard InChI is InChI=1S/C36H38N4O2/c1-7-10-18-40-32-20-24(6)28(33(41)13-8-2)22-31(32)38-36(40)35-37-30-17-16-25(42-19-9-3)21-29(30)34(39-35)27-15-12-11-14-26(27)23(4)5/h3,11-12,14-17,20-23H,7-8,10,13,18-19H2,1-2,4-6H3. The summed E-state index contributed by atoms with van der Waals surface area (Å²) in [6.45, 7) is 11.6. The molecule has 0 unspecified atom stereocenters. The number of terminal acetylenes is 1. The van der Waals surface area contributed by atoms with Crippen LogP contribution in [0.25, 0.3) is 44.8 Å². The summed E-state index contributed by atoms with van der Waals surface area (Å²) in [5.41, 5.74) is 7.37. The van der Waals surface area contributed by atoms with Crippen LogP contribution in [-0.2, 0) is 6.54 Å². The van der Waals surface area contributed by atoms with Crippen LogP contribution >= 0.6 is 0 Å². The van der Waals surface area contributed by atoms with Gasteiger partial charge in [-0.25, -0.2) is 15.0 Å². The summed E-state index contributed by atoms with van der Waals surface area (Å²) >= 11 is 0. The molecule has 0 saturated heterocycles. The van der Waals surface area contributed by atoms with Gasteiger partial charge in [0.15, 0.2) is 17.4 Å². The van der Waals surface area contributed by atoms with E-state index >= 15 is 0 Å². The van der Waals surface area contributed by atoms with Gasteiger partial charge < -0.3 is 9.30 Å². The second kappa shape index (κ2) is 12.6. The van der Waals surface area contributed by atoms with Crippen molar-refractivity contribution in [3.63, 3.8) is 0 Å². The minimum atomic E-state index is 0.152. The molecule has 0 spiro atoms. The number of carbonyl (C=O) groups excluding carboxylic acids is 1. The first kappa shape index (κ1) is 29.0. The molecule has 0 aliphatic carbocycles. The molecular weight excluding hydrogens is 520 g/mol. The lowest BCUT2D eigenvalue weighted by molar-refractivity contribution is 0.0981. The van der Waals surface area contributed by atoms with Crippen molar-refractivity contribution in [1.82, 2.24) is 19.5 Å². The van der Waals surface area contributed by atoms with Gasteiger partial charge in [0.1, 0.15) is 12.4 Å². The number of unbranched alkanes of at least 4 members (excludes halogenated alkanes) is 1. The van der Waals surface area contributed by atoms with E-state index < -0.39 is 0 Å². The maximum absolute atomic E-state index is 12.9. The molecular formula is C36H38N4O2. The van der Waals surface area contributed by atoms with Gasteiger partial charge in [-0.05, 0) is 67.1 Å². The van der Waals surface area contributed by atoms with E-state index in [1.54, 1.807) is 0 Å². The molecule has 214 valence electrons. The Bertz CT molecular complexity index is 1810. The SMILES string of the molecule is C#CCOc1ccc2nc(-c3nc4cc(C(=O)CCC)c(C)cc4n3CCCC)nc(-c3ccccc3C(C)C)c2c1. The zero-order valence-electron chi connectivity index (χ0n) is 25.2. The summed E-state index contributed by atoms with van der Waals surface area (Å²) < 4.78 is 7.99. The number of aryl methyl sites for hydroxylation is 2. The molecule has 2 heterocycles. The van der Waals surface area contributed by atoms with Gasteiger partial charge in [-0.15, -0.1) is 6.42 Å². The average Bonchev–Trinajstić information content (AvgIpc) is 3.34. The lowest BCUT2D eigenvalue weighted by Gasteiger charge is -2.16. The number of ether oxygens (including phenoxy) is 1. The van der Waals surface area contributed by atoms with Crippen LogP contribution in [0.5, 0.6) is 5.75 Å². The van der Waals surface area contributed by atoms with Gasteiger partial charge in [0.25, 0.3) is 0 Å². The highest BCUT2D eigenvalue weighted by Crippen LogP contribution is 2.36. The summed E-state index contributed by atoms with van der Waals surface area (Å²) in [5, 5.41) is 0.890. The monoisotopic (exact) mass is 558 g/mol. The van der Waals surface area contributed by atoms with E-state index in [1.165, 1.54) is 5.56 Å². The normalized spacial score (nSPS) is 11.4. The number of aromatic nitrogens is 4. The van der Waals surface area contributed by atoms with Gasteiger partial charge in [-0.2, -0.15) is 0 Å². The molecule has 6 nitrogen and oxygen atoms in total. The summed E-state index contributed by atoms with van der Waals surface area (Å²) in [7, 11) is 0. The molecule has 0 aliphatic heterocycles. The quantitative estimate of drug-likeness (QED) is 0.120. The van der Waals surface area contributed by atoms with Crippen LogP contribution in [0.15, 0.2) is 54.6 Å². The zero-order valence-corrected chi connectivity index (χ0v) is 25.2. The second-order valence-electron chi connectivity index (χ2n) is 11.1. The van der Waals surface area contributed by atoms with E-state index in [9.17, 15) is 4.79 Å². The van der Waals surface area contributed by atoms with Gasteiger partial charge >= 0.3 is 0 Å². The molecule has 0 radical (unpaired) electrons. The van der Waals surface area contributed by atoms with Crippen molar-refractivity contribution in [2.75, 3.05) is 6.61 Å². The van der Waals surface area contributed by atoms with Crippen molar-refractivity contribution in [3.05, 3.63) is 71.3 Å². The fourth-order valence-electron chi connectivity index (χ4n) is 5.49. The Morgan fingerprint density at radius 3 is 2.55 bits per heavy atom. The predicted octanol–water partition coefficient (Wildman–Crippen LogP) is 8.54. The molecule has 0 aliphatic rings. The number of nitrogens with zero attached hydrogens (tertiary/aromatic N) is 4. The Labute approximate surface area is 248 Å². The van der Waals surface area contributed by atoms with Gasteiger partial charge in [0.05, 0.1) is 22.2 Å². The number of fused-ring (bicyclic) bond motifs is 2. The summed E-state index contributed by atoms with van der Waals surface area (Å²) in [4.78, 5) is 28.2. The maximum atomic E-state index is 12.9. The molecule has 6 heteroatoms. The number of benzene rings is 3. The number of hydrogen-bond acceptors (Lipinski definition) is 5. The first-order valence-electron chi connectivity index (χ1n) is 14.9. The first-order chi connectivity index (χ1) is 20.4. The second-order valence-corrected chi connectivity index (χ2v) is 11.1. The summed E-state index contributed by atoms with van der Waals surface area (Å²) in [6, 6.07) is 18.2. The van der Waals surface area contributed by atoms with Crippen LogP contribution in [-0.4, -0.2) is 31.9 Å². The van der Waals surface area contributed by atoms with Crippen LogP contribution in [0.4, 0.5) is 0 Å². The Morgan fingerprint density at radius 1 is 1.00 bits per heavy atom. The highest BCUT2D eigenvalue weighted by Gasteiger charge is 2.22. The highest BCUT2D eigenvalue weighted by atomic mass is 16.5. The number of ketones is 1. The number of imidazole rings is 1. The topological polar surface area (TPSA) is 69.9 Å². The molecule has 0 bridgehead atoms. The van der Waals surface area contributed by atoms with Crippen molar-refractivity contribution < 1.29 is 9.53 Å². The van der Waals surface area contributed by atoms with Crippen LogP contribution in [0.1, 0.15) is 80.8 Å². The van der Waals surface area contributed by atoms with E-state index in [1.807, 2.05) is 44.2 Å². The molecule has 3 aromatic carbocycles. The largest absolute Gasteiger partial charge is 0.481 e. The number of hydrogen-bond donors (Lipinski definition) is 0. The first-order valence-corrected chi connectivity index (χ1v) is 14.9. The van der Waals surface area contributed by atoms with Gasteiger partial charge in [0.2, 0.25) is 0 Å². The predicted molar refractivity (Wildman–Crippen MR) is 171 cm³/mol. The van der Waals surface area contributed by atoms with Gasteiger partial charge in [0, 0.05) is 29.5 Å². The molecule has 0 atom stereocenters. The van der Waals surface area contributed by atoms with E-state index in [2.05, 4.69) is 55.5 Å². The minimum Gasteiger partial charge on any atom is -0.481 e. The third-order valence-corrected chi connectivity index (χ3v) is 7.63. The highest BCUT2D eigenvalue weighted by molar-refractivity contribution is 6.01. The zero-order chi connectivity index (χ0) is 29.8. The molecule has 2 aromatic heterocycles. The number of carbonyl (C=O) groups is 1. The summed E-state index contributed by atoms with van der Waals surface area (Å²) in [6.07, 6.45) is 8.81. The summed E-state index contributed by atoms with van der Waals surface area (Å²) in [5.74, 6) is 4.92. The van der Waals surface area contributed by atoms with Crippen LogP contribution in [0, 0.1) is 19.3 Å². The molecule has 0 fully saturated rings. The van der Waals surface area contributed by atoms with Crippen LogP contribution in [0.2, 0.25) is 0 Å². The Balaban J connectivity index is 1.78. The van der Waals surface area contributed by atoms with E-state index in [-0.39, 0.29) is 12.4 Å². The molecule has 0 saturated carbocycles. The van der Waals surface area contributed by atoms with Crippen molar-refractivity contribution in [2.24, 2.45) is 0 Å². The fraction of sp³-hybridized carbons (Fsp3) is 0.333. The van der Waals surface area contributed by atoms with E-state index in [0.717, 1.165) is 70.1 Å². The third-order valence-electron chi connectivity index (χ3n) is 7.63. The van der Waals surface area contributed by atoms with Crippen molar-refractivity contribution in [3.8, 4) is 41.0 Å². The molecule has 0 amide bonds. The van der Waals surface area contributed by atoms with Crippen LogP contribution in [0.3, 0.4) is 0 Å². The van der Waals surface area contributed by atoms with E-state index in [0.29, 0.717) is 29.7 Å². The van der Waals surface area contributed by atoms with Crippen LogP contribution < -0.4 is 4.74 Å². The number of Topliss-reactive ketones (excluding diaryl/α,β-unsaturated/α-hetero) is 1. The van der Waals surface area contributed by atoms with Crippen molar-refractivity contribution in [2.45, 2.75) is 72.8 Å². The molecule has 42 heavy (non-hydrogen) atoms. The van der Waals surface area contributed by atoms with Gasteiger partial charge in [-0.1, -0.05) is 64.3 Å². The minimum absolute atomic E-state index is 0.152. The maximum Gasteiger partial charge on any atom is 0.197 e. The number of rotatable bonds is 11. The molecule has 5 aromatic rings. The Kier molecular flexibility index (Phi) is 8.68. The molecule has 5 rings (SSSR count). The van der Waals surface area contributed by atoms with Crippen molar-refractivity contribution >= 4 is 27.7 Å².